The van der Waals surface area contributed by atoms with Crippen molar-refractivity contribution in [3.8, 4) is 34.9 Å². The zero-order chi connectivity index (χ0) is 21.6. The van der Waals surface area contributed by atoms with E-state index < -0.39 is 0 Å². The number of benzene rings is 2. The molecule has 0 bridgehead atoms. The lowest BCUT2D eigenvalue weighted by Crippen LogP contribution is -2.26. The van der Waals surface area contributed by atoms with Crippen molar-refractivity contribution in [1.29, 1.82) is 0 Å². The Hall–Kier alpha value is -3.99. The number of hydrogen-bond donors (Lipinski definition) is 1. The van der Waals surface area contributed by atoms with Crippen LogP contribution in [0.5, 0.6) is 0 Å². The Labute approximate surface area is 179 Å². The normalized spacial score (nSPS) is 10.8. The highest BCUT2D eigenvalue weighted by Crippen LogP contribution is 2.29. The van der Waals surface area contributed by atoms with Gasteiger partial charge in [-0.15, -0.1) is 17.4 Å². The summed E-state index contributed by atoms with van der Waals surface area (Å²) in [4.78, 5) is 12.8. The molecule has 1 N–H and O–H groups in total. The minimum absolute atomic E-state index is 0.0962. The van der Waals surface area contributed by atoms with Crippen LogP contribution in [0.15, 0.2) is 53.3 Å². The molecule has 2 heterocycles. The molecule has 0 aliphatic carbocycles. The summed E-state index contributed by atoms with van der Waals surface area (Å²) in [6.45, 7) is 3.08. The van der Waals surface area contributed by atoms with Gasteiger partial charge in [0, 0.05) is 24.9 Å². The predicted octanol–water partition coefficient (Wildman–Crippen LogP) is 2.92. The third-order valence-corrected chi connectivity index (χ3v) is 5.06. The fourth-order valence-corrected chi connectivity index (χ4v) is 3.56. The molecule has 2 aromatic heterocycles. The third-order valence-electron chi connectivity index (χ3n) is 5.06. The monoisotopic (exact) mass is 413 g/mol. The van der Waals surface area contributed by atoms with Crippen molar-refractivity contribution < 1.29 is 0 Å². The molecule has 0 radical (unpaired) electrons. The van der Waals surface area contributed by atoms with Crippen LogP contribution in [0, 0.1) is 12.3 Å². The molecule has 4 rings (SSSR count). The predicted molar refractivity (Wildman–Crippen MR) is 118 cm³/mol. The van der Waals surface area contributed by atoms with Crippen molar-refractivity contribution in [2.75, 3.05) is 0 Å². The molecule has 0 saturated carbocycles. The number of hydrogen-bond acceptors (Lipinski definition) is 5. The van der Waals surface area contributed by atoms with Crippen LogP contribution >= 0.6 is 0 Å². The molecule has 8 nitrogen and oxygen atoms in total. The average molecular weight is 413 g/mol. The maximum atomic E-state index is 12.8. The minimum atomic E-state index is -0.0962. The average Bonchev–Trinajstić information content (AvgIpc) is 3.43. The highest BCUT2D eigenvalue weighted by atomic mass is 16.2. The number of aryl methyl sites for hydroxylation is 2. The first-order valence-corrected chi connectivity index (χ1v) is 10.2. The van der Waals surface area contributed by atoms with E-state index in [9.17, 15) is 4.79 Å². The molecule has 156 valence electrons. The smallest absolute Gasteiger partial charge is 0.274 e. The fourth-order valence-electron chi connectivity index (χ4n) is 3.56. The third kappa shape index (κ3) is 4.31. The molecule has 0 amide bonds. The van der Waals surface area contributed by atoms with Gasteiger partial charge in [-0.3, -0.25) is 4.57 Å². The summed E-state index contributed by atoms with van der Waals surface area (Å²) >= 11 is 0. The first-order chi connectivity index (χ1) is 15.2. The standard InChI is InChI=1S/C23H23N7O/c1-3-5-10-21-26-30(15-4-2)23(31)29(21)16-17-11-13-18(14-12-17)19-8-6-7-9-20(19)22-24-27-28-25-22/h1,6-9,11-14H,4-5,10,15-16H2,2H3,(H,24,25,27,28). The molecule has 0 aliphatic rings. The molecule has 0 saturated heterocycles. The first kappa shape index (κ1) is 20.3. The number of rotatable bonds is 8. The van der Waals surface area contributed by atoms with E-state index in [1.807, 2.05) is 55.5 Å². The van der Waals surface area contributed by atoms with Crippen LogP contribution in [0.2, 0.25) is 0 Å². The number of aromatic amines is 1. The molecule has 2 aromatic carbocycles. The zero-order valence-electron chi connectivity index (χ0n) is 17.3. The van der Waals surface area contributed by atoms with Crippen LogP contribution in [0.25, 0.3) is 22.5 Å². The summed E-state index contributed by atoms with van der Waals surface area (Å²) in [6, 6.07) is 16.1. The zero-order valence-corrected chi connectivity index (χ0v) is 17.3. The number of nitrogens with zero attached hydrogens (tertiary/aromatic N) is 6. The lowest BCUT2D eigenvalue weighted by molar-refractivity contribution is 0.569. The number of nitrogens with one attached hydrogen (secondary N) is 1. The molecule has 0 unspecified atom stereocenters. The quantitative estimate of drug-likeness (QED) is 0.448. The Kier molecular flexibility index (Phi) is 6.03. The van der Waals surface area contributed by atoms with Gasteiger partial charge in [0.25, 0.3) is 0 Å². The molecule has 0 aliphatic heterocycles. The largest absolute Gasteiger partial charge is 0.346 e. The van der Waals surface area contributed by atoms with Gasteiger partial charge >= 0.3 is 5.69 Å². The summed E-state index contributed by atoms with van der Waals surface area (Å²) in [5, 5.41) is 18.7. The topological polar surface area (TPSA) is 94.3 Å². The highest BCUT2D eigenvalue weighted by molar-refractivity contribution is 5.80. The van der Waals surface area contributed by atoms with Crippen molar-refractivity contribution in [3.05, 3.63) is 70.4 Å². The lowest BCUT2D eigenvalue weighted by atomic mass is 9.98. The van der Waals surface area contributed by atoms with Crippen LogP contribution < -0.4 is 5.69 Å². The van der Waals surface area contributed by atoms with Crippen LogP contribution in [-0.4, -0.2) is 35.0 Å². The minimum Gasteiger partial charge on any atom is -0.274 e. The SMILES string of the molecule is C#CCCc1nn(CCC)c(=O)n1Cc1ccc(-c2ccccc2-c2nnn[nH]2)cc1. The van der Waals surface area contributed by atoms with E-state index in [0.29, 0.717) is 31.8 Å². The second kappa shape index (κ2) is 9.22. The van der Waals surface area contributed by atoms with E-state index >= 15 is 0 Å². The number of H-pyrrole nitrogens is 1. The fraction of sp³-hybridized carbons (Fsp3) is 0.261. The van der Waals surface area contributed by atoms with Gasteiger partial charge < -0.3 is 0 Å². The summed E-state index contributed by atoms with van der Waals surface area (Å²) in [7, 11) is 0. The molecular formula is C23H23N7O. The summed E-state index contributed by atoms with van der Waals surface area (Å²) in [6.07, 6.45) is 7.40. The van der Waals surface area contributed by atoms with E-state index in [4.69, 9.17) is 6.42 Å². The van der Waals surface area contributed by atoms with Crippen molar-refractivity contribution in [3.63, 3.8) is 0 Å². The molecule has 31 heavy (non-hydrogen) atoms. The van der Waals surface area contributed by atoms with E-state index in [2.05, 4.69) is 31.6 Å². The molecule has 0 fully saturated rings. The van der Waals surface area contributed by atoms with E-state index in [0.717, 1.165) is 34.5 Å². The van der Waals surface area contributed by atoms with E-state index in [-0.39, 0.29) is 5.69 Å². The van der Waals surface area contributed by atoms with Crippen LogP contribution in [0.3, 0.4) is 0 Å². The summed E-state index contributed by atoms with van der Waals surface area (Å²) < 4.78 is 3.25. The summed E-state index contributed by atoms with van der Waals surface area (Å²) in [5.41, 5.74) is 3.91. The molecule has 0 atom stereocenters. The van der Waals surface area contributed by atoms with Crippen LogP contribution in [-0.2, 0) is 19.5 Å². The lowest BCUT2D eigenvalue weighted by Gasteiger charge is -2.09. The highest BCUT2D eigenvalue weighted by Gasteiger charge is 2.14. The van der Waals surface area contributed by atoms with Gasteiger partial charge in [0.15, 0.2) is 5.82 Å². The molecule has 0 spiro atoms. The Balaban J connectivity index is 1.62. The molecular weight excluding hydrogens is 390 g/mol. The Morgan fingerprint density at radius 1 is 1.10 bits per heavy atom. The van der Waals surface area contributed by atoms with Gasteiger partial charge in [0.2, 0.25) is 0 Å². The Morgan fingerprint density at radius 3 is 2.55 bits per heavy atom. The number of tetrazole rings is 1. The Morgan fingerprint density at radius 2 is 1.87 bits per heavy atom. The number of aromatic nitrogens is 7. The van der Waals surface area contributed by atoms with E-state index in [1.165, 1.54) is 4.68 Å². The van der Waals surface area contributed by atoms with E-state index in [1.54, 1.807) is 4.57 Å². The van der Waals surface area contributed by atoms with Gasteiger partial charge in [-0.05, 0) is 33.5 Å². The van der Waals surface area contributed by atoms with Gasteiger partial charge in [-0.2, -0.15) is 5.10 Å². The maximum absolute atomic E-state index is 12.8. The van der Waals surface area contributed by atoms with Gasteiger partial charge in [-0.1, -0.05) is 55.5 Å². The maximum Gasteiger partial charge on any atom is 0.346 e. The molecule has 8 heteroatoms. The van der Waals surface area contributed by atoms with Crippen molar-refractivity contribution in [2.24, 2.45) is 0 Å². The van der Waals surface area contributed by atoms with Crippen LogP contribution in [0.4, 0.5) is 0 Å². The second-order valence-corrected chi connectivity index (χ2v) is 7.20. The first-order valence-electron chi connectivity index (χ1n) is 10.2. The van der Waals surface area contributed by atoms with Gasteiger partial charge in [0.1, 0.15) is 5.82 Å². The second-order valence-electron chi connectivity index (χ2n) is 7.20. The van der Waals surface area contributed by atoms with Crippen molar-refractivity contribution in [2.45, 2.75) is 39.3 Å². The van der Waals surface area contributed by atoms with Crippen LogP contribution in [0.1, 0.15) is 31.2 Å². The summed E-state index contributed by atoms with van der Waals surface area (Å²) in [5.74, 6) is 3.97. The van der Waals surface area contributed by atoms with Crippen molar-refractivity contribution >= 4 is 0 Å². The Bertz CT molecular complexity index is 1240. The number of terminal acetylenes is 1. The van der Waals surface area contributed by atoms with Gasteiger partial charge in [0.05, 0.1) is 6.54 Å². The van der Waals surface area contributed by atoms with Crippen molar-refractivity contribution in [1.82, 2.24) is 35.0 Å². The van der Waals surface area contributed by atoms with Gasteiger partial charge in [-0.25, -0.2) is 14.6 Å². The molecule has 4 aromatic rings.